The van der Waals surface area contributed by atoms with Crippen molar-refractivity contribution in [1.29, 1.82) is 0 Å². The second kappa shape index (κ2) is 8.60. The van der Waals surface area contributed by atoms with Crippen LogP contribution in [0.5, 0.6) is 0 Å². The van der Waals surface area contributed by atoms with Crippen molar-refractivity contribution in [3.8, 4) is 0 Å². The minimum Gasteiger partial charge on any atom is -0.328 e. The summed E-state index contributed by atoms with van der Waals surface area (Å²) in [7, 11) is 2.18. The minimum atomic E-state index is -0.234. The Hall–Kier alpha value is -2.70. The van der Waals surface area contributed by atoms with E-state index >= 15 is 0 Å². The first kappa shape index (κ1) is 18.1. The molecule has 1 fully saturated rings. The number of likely N-dealkylation sites (N-methyl/N-ethyl adjacent to an activating group) is 1. The number of piperazine rings is 1. The zero-order valence-corrected chi connectivity index (χ0v) is 15.0. The van der Waals surface area contributed by atoms with Gasteiger partial charge in [0.05, 0.1) is 18.3 Å². The molecule has 3 rings (SSSR count). The zero-order chi connectivity index (χ0) is 18.4. The fourth-order valence-corrected chi connectivity index (χ4v) is 3.14. The third kappa shape index (κ3) is 4.91. The van der Waals surface area contributed by atoms with E-state index in [0.717, 1.165) is 31.9 Å². The summed E-state index contributed by atoms with van der Waals surface area (Å²) in [6, 6.07) is 16.4. The highest BCUT2D eigenvalue weighted by Crippen LogP contribution is 2.17. The molecule has 0 bridgehead atoms. The quantitative estimate of drug-likeness (QED) is 0.573. The lowest BCUT2D eigenvalue weighted by Crippen LogP contribution is -3.27. The molecule has 1 aliphatic rings. The maximum absolute atomic E-state index is 12.6. The average Bonchev–Trinajstić information content (AvgIpc) is 2.65. The summed E-state index contributed by atoms with van der Waals surface area (Å²) in [5.41, 5.74) is 1.73. The number of nitrogens with one attached hydrogen (secondary N) is 4. The van der Waals surface area contributed by atoms with Crippen LogP contribution in [0.3, 0.4) is 0 Å². The van der Waals surface area contributed by atoms with Crippen molar-refractivity contribution in [3.05, 3.63) is 60.2 Å². The molecule has 2 aromatic rings. The Morgan fingerprint density at radius 3 is 2.27 bits per heavy atom. The Labute approximate surface area is 153 Å². The second-order valence-electron chi connectivity index (χ2n) is 6.80. The van der Waals surface area contributed by atoms with E-state index in [1.54, 1.807) is 18.2 Å². The average molecular weight is 354 g/mol. The summed E-state index contributed by atoms with van der Waals surface area (Å²) in [5.74, 6) is -0.290. The summed E-state index contributed by atoms with van der Waals surface area (Å²) in [4.78, 5) is 27.8. The fourth-order valence-electron chi connectivity index (χ4n) is 3.14. The second-order valence-corrected chi connectivity index (χ2v) is 6.80. The third-order valence-electron chi connectivity index (χ3n) is 4.70. The number of rotatable bonds is 5. The van der Waals surface area contributed by atoms with E-state index in [1.165, 1.54) is 9.80 Å². The fraction of sp³-hybridized carbons (Fsp3) is 0.300. The first-order valence-corrected chi connectivity index (χ1v) is 9.02. The van der Waals surface area contributed by atoms with Gasteiger partial charge in [0, 0.05) is 5.69 Å². The Bertz CT molecular complexity index is 755. The van der Waals surface area contributed by atoms with Crippen LogP contribution in [0.25, 0.3) is 0 Å². The van der Waals surface area contributed by atoms with Crippen LogP contribution in [0, 0.1) is 0 Å². The van der Waals surface area contributed by atoms with Gasteiger partial charge in [-0.3, -0.25) is 9.59 Å². The van der Waals surface area contributed by atoms with Crippen LogP contribution in [0.4, 0.5) is 11.4 Å². The molecular formula is C20H26N4O2+2. The predicted octanol–water partition coefficient (Wildman–Crippen LogP) is -0.709. The highest BCUT2D eigenvalue weighted by Gasteiger charge is 2.23. The van der Waals surface area contributed by atoms with Crippen molar-refractivity contribution in [2.24, 2.45) is 0 Å². The van der Waals surface area contributed by atoms with E-state index in [-0.39, 0.29) is 11.8 Å². The maximum Gasteiger partial charge on any atom is 0.279 e. The van der Waals surface area contributed by atoms with Crippen LogP contribution < -0.4 is 20.4 Å². The van der Waals surface area contributed by atoms with Gasteiger partial charge in [-0.2, -0.15) is 0 Å². The molecule has 4 N–H and O–H groups in total. The van der Waals surface area contributed by atoms with Gasteiger partial charge < -0.3 is 20.4 Å². The number of para-hydroxylation sites is 2. The molecule has 0 atom stereocenters. The molecule has 2 amide bonds. The first-order chi connectivity index (χ1) is 12.6. The summed E-state index contributed by atoms with van der Waals surface area (Å²) >= 11 is 0. The van der Waals surface area contributed by atoms with Gasteiger partial charge in [0.25, 0.3) is 11.8 Å². The molecule has 26 heavy (non-hydrogen) atoms. The Morgan fingerprint density at radius 2 is 1.54 bits per heavy atom. The van der Waals surface area contributed by atoms with E-state index in [9.17, 15) is 9.59 Å². The van der Waals surface area contributed by atoms with Gasteiger partial charge in [-0.25, -0.2) is 0 Å². The van der Waals surface area contributed by atoms with E-state index in [4.69, 9.17) is 0 Å². The number of benzene rings is 2. The summed E-state index contributed by atoms with van der Waals surface area (Å²) in [6.45, 7) is 4.59. The molecule has 0 aromatic heterocycles. The van der Waals surface area contributed by atoms with Crippen LogP contribution in [-0.4, -0.2) is 51.6 Å². The number of hydrogen-bond donors (Lipinski definition) is 4. The van der Waals surface area contributed by atoms with Crippen molar-refractivity contribution in [1.82, 2.24) is 0 Å². The van der Waals surface area contributed by atoms with Crippen molar-refractivity contribution in [3.63, 3.8) is 0 Å². The van der Waals surface area contributed by atoms with Gasteiger partial charge >= 0.3 is 0 Å². The third-order valence-corrected chi connectivity index (χ3v) is 4.70. The van der Waals surface area contributed by atoms with E-state index in [2.05, 4.69) is 17.7 Å². The van der Waals surface area contributed by atoms with Crippen LogP contribution in [0.2, 0.25) is 0 Å². The van der Waals surface area contributed by atoms with E-state index < -0.39 is 0 Å². The maximum atomic E-state index is 12.6. The highest BCUT2D eigenvalue weighted by molar-refractivity contribution is 6.10. The summed E-state index contributed by atoms with van der Waals surface area (Å²) in [6.07, 6.45) is 0. The van der Waals surface area contributed by atoms with Crippen LogP contribution in [0.15, 0.2) is 54.6 Å². The SMILES string of the molecule is C[NH+]1CC[NH+](CC(=O)Nc2ccccc2C(=O)Nc2ccccc2)CC1. The molecule has 0 aliphatic carbocycles. The predicted molar refractivity (Wildman–Crippen MR) is 102 cm³/mol. The Balaban J connectivity index is 1.63. The lowest BCUT2D eigenvalue weighted by atomic mass is 10.1. The van der Waals surface area contributed by atoms with Gasteiger partial charge in [0.15, 0.2) is 6.54 Å². The zero-order valence-electron chi connectivity index (χ0n) is 15.0. The van der Waals surface area contributed by atoms with Gasteiger partial charge in [-0.1, -0.05) is 30.3 Å². The minimum absolute atomic E-state index is 0.0560. The van der Waals surface area contributed by atoms with Gasteiger partial charge in [0.1, 0.15) is 26.2 Å². The molecule has 1 heterocycles. The van der Waals surface area contributed by atoms with Crippen LogP contribution in [0.1, 0.15) is 10.4 Å². The monoisotopic (exact) mass is 354 g/mol. The molecule has 0 spiro atoms. The number of anilines is 2. The number of quaternary nitrogens is 2. The van der Waals surface area contributed by atoms with Crippen molar-refractivity contribution in [2.45, 2.75) is 0 Å². The van der Waals surface area contributed by atoms with E-state index in [1.807, 2.05) is 36.4 Å². The number of carbonyl (C=O) groups excluding carboxylic acids is 2. The number of amides is 2. The van der Waals surface area contributed by atoms with E-state index in [0.29, 0.717) is 17.8 Å². The standard InChI is InChI=1S/C20H24N4O2/c1-23-11-13-24(14-12-23)15-19(25)22-18-10-6-5-9-17(18)20(26)21-16-7-3-2-4-8-16/h2-10H,11-15H2,1H3,(H,21,26)(H,22,25)/p+2. The van der Waals surface area contributed by atoms with Crippen molar-refractivity contribution in [2.75, 3.05) is 50.4 Å². The van der Waals surface area contributed by atoms with Crippen LogP contribution in [-0.2, 0) is 4.79 Å². The van der Waals surface area contributed by atoms with Crippen molar-refractivity contribution < 1.29 is 19.4 Å². The number of hydrogen-bond acceptors (Lipinski definition) is 2. The molecule has 0 unspecified atom stereocenters. The Kier molecular flexibility index (Phi) is 5.99. The largest absolute Gasteiger partial charge is 0.328 e. The molecule has 6 nitrogen and oxygen atoms in total. The van der Waals surface area contributed by atoms with Gasteiger partial charge in [0.2, 0.25) is 0 Å². The molecule has 136 valence electrons. The smallest absolute Gasteiger partial charge is 0.279 e. The molecule has 1 aliphatic heterocycles. The Morgan fingerprint density at radius 1 is 0.885 bits per heavy atom. The lowest BCUT2D eigenvalue weighted by molar-refractivity contribution is -0.999. The highest BCUT2D eigenvalue weighted by atomic mass is 16.2. The van der Waals surface area contributed by atoms with Crippen molar-refractivity contribution >= 4 is 23.2 Å². The lowest BCUT2D eigenvalue weighted by Gasteiger charge is -2.26. The summed E-state index contributed by atoms with van der Waals surface area (Å²) < 4.78 is 0. The molecule has 6 heteroatoms. The summed E-state index contributed by atoms with van der Waals surface area (Å²) in [5, 5.41) is 5.77. The first-order valence-electron chi connectivity index (χ1n) is 9.02. The van der Waals surface area contributed by atoms with Crippen LogP contribution >= 0.6 is 0 Å². The number of carbonyl (C=O) groups is 2. The van der Waals surface area contributed by atoms with Gasteiger partial charge in [-0.05, 0) is 24.3 Å². The molecule has 2 aromatic carbocycles. The normalized spacial score (nSPS) is 19.6. The topological polar surface area (TPSA) is 67.1 Å². The molecule has 0 radical (unpaired) electrons. The van der Waals surface area contributed by atoms with Gasteiger partial charge in [-0.15, -0.1) is 0 Å². The molecular weight excluding hydrogens is 328 g/mol. The molecule has 0 saturated carbocycles. The molecule has 1 saturated heterocycles.